The second kappa shape index (κ2) is 2.51. The molecule has 0 bridgehead atoms. The fourth-order valence-electron chi connectivity index (χ4n) is 1.89. The Morgan fingerprint density at radius 2 is 2.08 bits per heavy atom. The van der Waals surface area contributed by atoms with Crippen LogP contribution in [-0.2, 0) is 0 Å². The third-order valence-electron chi connectivity index (χ3n) is 3.02. The summed E-state index contributed by atoms with van der Waals surface area (Å²) in [6, 6.07) is 3.33. The maximum absolute atomic E-state index is 12.5. The van der Waals surface area contributed by atoms with Crippen molar-refractivity contribution in [2.24, 2.45) is 11.1 Å². The molecule has 0 aromatic carbocycles. The van der Waals surface area contributed by atoms with Crippen LogP contribution >= 0.6 is 0 Å². The zero-order valence-electron chi connectivity index (χ0n) is 7.79. The summed E-state index contributed by atoms with van der Waals surface area (Å²) in [7, 11) is 0. The highest BCUT2D eigenvalue weighted by molar-refractivity contribution is 5.31. The summed E-state index contributed by atoms with van der Waals surface area (Å²) in [5.74, 6) is -0.101. The molecule has 2 nitrogen and oxygen atoms in total. The largest absolute Gasteiger partial charge is 0.327 e. The highest BCUT2D eigenvalue weighted by Crippen LogP contribution is 2.56. The van der Waals surface area contributed by atoms with Crippen molar-refractivity contribution >= 4 is 0 Å². The van der Waals surface area contributed by atoms with E-state index in [0.29, 0.717) is 5.92 Å². The number of pyridine rings is 1. The Morgan fingerprint density at radius 3 is 2.46 bits per heavy atom. The lowest BCUT2D eigenvalue weighted by atomic mass is 10.1. The van der Waals surface area contributed by atoms with Gasteiger partial charge in [0.2, 0.25) is 5.95 Å². The Morgan fingerprint density at radius 1 is 1.46 bits per heavy atom. The molecule has 70 valence electrons. The highest BCUT2D eigenvalue weighted by Gasteiger charge is 2.56. The van der Waals surface area contributed by atoms with Crippen molar-refractivity contribution in [2.75, 3.05) is 0 Å². The molecule has 2 N–H and O–H groups in total. The lowest BCUT2D eigenvalue weighted by Gasteiger charge is -2.01. The van der Waals surface area contributed by atoms with Gasteiger partial charge in [0.05, 0.1) is 0 Å². The first-order valence-corrected chi connectivity index (χ1v) is 4.40. The summed E-state index contributed by atoms with van der Waals surface area (Å²) >= 11 is 0. The van der Waals surface area contributed by atoms with Gasteiger partial charge in [0.1, 0.15) is 0 Å². The van der Waals surface area contributed by atoms with Crippen molar-refractivity contribution in [3.63, 3.8) is 0 Å². The van der Waals surface area contributed by atoms with Crippen molar-refractivity contribution in [1.82, 2.24) is 4.98 Å². The minimum Gasteiger partial charge on any atom is -0.327 e. The zero-order chi connectivity index (χ0) is 9.64. The lowest BCUT2D eigenvalue weighted by molar-refractivity contribution is 0.576. The molecule has 0 radical (unpaired) electrons. The average Bonchev–Trinajstić information content (AvgIpc) is 2.55. The first-order valence-electron chi connectivity index (χ1n) is 4.40. The van der Waals surface area contributed by atoms with Gasteiger partial charge in [-0.1, -0.05) is 19.9 Å². The maximum atomic E-state index is 12.5. The molecule has 2 rings (SSSR count). The Balaban J connectivity index is 2.25. The molecular formula is C10H13FN2. The molecule has 0 aliphatic heterocycles. The van der Waals surface area contributed by atoms with E-state index in [1.54, 1.807) is 12.3 Å². The molecule has 13 heavy (non-hydrogen) atoms. The quantitative estimate of drug-likeness (QED) is 0.668. The Kier molecular flexibility index (Phi) is 1.67. The third kappa shape index (κ3) is 1.23. The van der Waals surface area contributed by atoms with E-state index in [4.69, 9.17) is 5.73 Å². The van der Waals surface area contributed by atoms with Crippen LogP contribution in [0.1, 0.15) is 25.3 Å². The van der Waals surface area contributed by atoms with E-state index in [0.717, 1.165) is 5.56 Å². The molecule has 1 aromatic heterocycles. The van der Waals surface area contributed by atoms with Gasteiger partial charge in [0, 0.05) is 18.2 Å². The van der Waals surface area contributed by atoms with Crippen LogP contribution in [0.5, 0.6) is 0 Å². The molecule has 0 amide bonds. The predicted molar refractivity (Wildman–Crippen MR) is 48.7 cm³/mol. The number of halogens is 1. The normalized spacial score (nSPS) is 30.2. The van der Waals surface area contributed by atoms with Crippen LogP contribution in [0.15, 0.2) is 18.3 Å². The summed E-state index contributed by atoms with van der Waals surface area (Å²) in [5, 5.41) is 0. The number of hydrogen-bond donors (Lipinski definition) is 1. The van der Waals surface area contributed by atoms with Crippen molar-refractivity contribution in [2.45, 2.75) is 25.8 Å². The van der Waals surface area contributed by atoms with E-state index in [9.17, 15) is 4.39 Å². The molecule has 3 heteroatoms. The Labute approximate surface area is 77.0 Å². The average molecular weight is 180 g/mol. The van der Waals surface area contributed by atoms with Gasteiger partial charge in [-0.3, -0.25) is 0 Å². The number of rotatable bonds is 1. The van der Waals surface area contributed by atoms with Crippen molar-refractivity contribution in [3.05, 3.63) is 29.8 Å². The summed E-state index contributed by atoms with van der Waals surface area (Å²) in [4.78, 5) is 3.62. The van der Waals surface area contributed by atoms with Gasteiger partial charge in [-0.05, 0) is 17.0 Å². The maximum Gasteiger partial charge on any atom is 0.212 e. The first kappa shape index (κ1) is 8.63. The summed E-state index contributed by atoms with van der Waals surface area (Å²) in [5.41, 5.74) is 7.07. The van der Waals surface area contributed by atoms with Gasteiger partial charge >= 0.3 is 0 Å². The smallest absolute Gasteiger partial charge is 0.212 e. The summed E-state index contributed by atoms with van der Waals surface area (Å²) in [6.07, 6.45) is 1.58. The molecule has 2 unspecified atom stereocenters. The fourth-order valence-corrected chi connectivity index (χ4v) is 1.89. The third-order valence-corrected chi connectivity index (χ3v) is 3.02. The molecule has 1 aliphatic rings. The number of aromatic nitrogens is 1. The van der Waals surface area contributed by atoms with Crippen molar-refractivity contribution < 1.29 is 4.39 Å². The van der Waals surface area contributed by atoms with Crippen LogP contribution in [0, 0.1) is 11.4 Å². The van der Waals surface area contributed by atoms with Gasteiger partial charge in [-0.15, -0.1) is 0 Å². The molecule has 2 atom stereocenters. The van der Waals surface area contributed by atoms with Gasteiger partial charge < -0.3 is 5.73 Å². The van der Waals surface area contributed by atoms with E-state index in [-0.39, 0.29) is 11.5 Å². The summed E-state index contributed by atoms with van der Waals surface area (Å²) in [6.45, 7) is 4.23. The molecule has 1 aliphatic carbocycles. The van der Waals surface area contributed by atoms with Crippen LogP contribution < -0.4 is 5.73 Å². The fraction of sp³-hybridized carbons (Fsp3) is 0.500. The van der Waals surface area contributed by atoms with Crippen LogP contribution in [0.3, 0.4) is 0 Å². The van der Waals surface area contributed by atoms with Crippen LogP contribution in [-0.4, -0.2) is 11.0 Å². The van der Waals surface area contributed by atoms with E-state index in [1.807, 2.05) is 0 Å². The van der Waals surface area contributed by atoms with Gasteiger partial charge in [0.15, 0.2) is 0 Å². The highest BCUT2D eigenvalue weighted by atomic mass is 19.1. The van der Waals surface area contributed by atoms with Crippen LogP contribution in [0.2, 0.25) is 0 Å². The molecule has 1 saturated carbocycles. The second-order valence-electron chi connectivity index (χ2n) is 4.24. The predicted octanol–water partition coefficient (Wildman–Crippen LogP) is 1.67. The molecule has 1 heterocycles. The van der Waals surface area contributed by atoms with E-state index >= 15 is 0 Å². The zero-order valence-corrected chi connectivity index (χ0v) is 7.79. The number of nitrogens with two attached hydrogens (primary N) is 1. The molecule has 1 fully saturated rings. The molecule has 0 saturated heterocycles. The van der Waals surface area contributed by atoms with E-state index < -0.39 is 5.95 Å². The van der Waals surface area contributed by atoms with E-state index in [2.05, 4.69) is 18.8 Å². The SMILES string of the molecule is CC1(C)C(N)C1c1ccc(F)nc1. The van der Waals surface area contributed by atoms with Crippen molar-refractivity contribution in [1.29, 1.82) is 0 Å². The van der Waals surface area contributed by atoms with Crippen molar-refractivity contribution in [3.8, 4) is 0 Å². The van der Waals surface area contributed by atoms with Gasteiger partial charge in [-0.25, -0.2) is 4.98 Å². The monoisotopic (exact) mass is 180 g/mol. The Bertz CT molecular complexity index is 318. The number of nitrogens with zero attached hydrogens (tertiary/aromatic N) is 1. The van der Waals surface area contributed by atoms with E-state index in [1.165, 1.54) is 6.07 Å². The Hall–Kier alpha value is -0.960. The summed E-state index contributed by atoms with van der Waals surface area (Å²) < 4.78 is 12.5. The standard InChI is InChI=1S/C10H13FN2/c1-10(2)8(9(10)12)6-3-4-7(11)13-5-6/h3-5,8-9H,12H2,1-2H3. The lowest BCUT2D eigenvalue weighted by Crippen LogP contribution is -2.06. The second-order valence-corrected chi connectivity index (χ2v) is 4.24. The minimum absolute atomic E-state index is 0.138. The molecule has 0 spiro atoms. The topological polar surface area (TPSA) is 38.9 Å². The first-order chi connectivity index (χ1) is 6.03. The molecular weight excluding hydrogens is 167 g/mol. The van der Waals surface area contributed by atoms with Crippen LogP contribution in [0.4, 0.5) is 4.39 Å². The van der Waals surface area contributed by atoms with Gasteiger partial charge in [0.25, 0.3) is 0 Å². The van der Waals surface area contributed by atoms with Gasteiger partial charge in [-0.2, -0.15) is 4.39 Å². The van der Waals surface area contributed by atoms with Crippen LogP contribution in [0.25, 0.3) is 0 Å². The molecule has 1 aromatic rings. The minimum atomic E-state index is -0.434. The number of hydrogen-bond acceptors (Lipinski definition) is 2.